The highest BCUT2D eigenvalue weighted by Crippen LogP contribution is 2.27. The number of rotatable bonds is 6. The van der Waals surface area contributed by atoms with E-state index in [9.17, 15) is 9.18 Å². The molecule has 11 heteroatoms. The van der Waals surface area contributed by atoms with Crippen molar-refractivity contribution >= 4 is 52.8 Å². The summed E-state index contributed by atoms with van der Waals surface area (Å²) < 4.78 is 14.0. The lowest BCUT2D eigenvalue weighted by Crippen LogP contribution is -2.26. The third-order valence-electron chi connectivity index (χ3n) is 3.54. The fourth-order valence-corrected chi connectivity index (χ4v) is 3.19. The van der Waals surface area contributed by atoms with Crippen molar-refractivity contribution in [2.45, 2.75) is 23.9 Å². The zero-order valence-electron chi connectivity index (χ0n) is 14.2. The molecular weight excluding hydrogens is 414 g/mol. The molecule has 0 aliphatic carbocycles. The Balaban J connectivity index is 0.00000261. The summed E-state index contributed by atoms with van der Waals surface area (Å²) in [6.45, 7) is 2.29. The maximum atomic E-state index is 14.0. The lowest BCUT2D eigenvalue weighted by molar-refractivity contribution is 0.617. The highest BCUT2D eigenvalue weighted by molar-refractivity contribution is 7.98. The summed E-state index contributed by atoms with van der Waals surface area (Å²) in [4.78, 5) is 27.0. The molecule has 0 amide bonds. The van der Waals surface area contributed by atoms with Crippen LogP contribution in [0.2, 0.25) is 5.02 Å². The standard InChI is InChI=1S/C16H16ClFN6OS.ClH/c1-8(5-19)21-14-13-15(22-11(25)6-20-13)24-16(23-14)26-7-9-3-2-4-10(17)12(9)18;/h2-4,6,8H,5,7,19H2,1H3,(H2,21,22,23,24,25);1H/t8-;/m1./s1. The number of benzene rings is 1. The van der Waals surface area contributed by atoms with Crippen molar-refractivity contribution in [2.24, 2.45) is 5.73 Å². The van der Waals surface area contributed by atoms with E-state index in [-0.39, 0.29) is 34.8 Å². The number of thioether (sulfide) groups is 1. The van der Waals surface area contributed by atoms with Crippen LogP contribution in [0.4, 0.5) is 10.2 Å². The Morgan fingerprint density at radius 3 is 2.93 bits per heavy atom. The Morgan fingerprint density at radius 2 is 2.19 bits per heavy atom. The van der Waals surface area contributed by atoms with Crippen molar-refractivity contribution in [3.63, 3.8) is 0 Å². The highest BCUT2D eigenvalue weighted by Gasteiger charge is 2.14. The molecule has 0 saturated heterocycles. The highest BCUT2D eigenvalue weighted by atomic mass is 35.5. The van der Waals surface area contributed by atoms with E-state index in [0.29, 0.717) is 34.2 Å². The van der Waals surface area contributed by atoms with Gasteiger partial charge in [0, 0.05) is 18.3 Å². The summed E-state index contributed by atoms with van der Waals surface area (Å²) in [5.41, 5.74) is 6.45. The molecule has 0 radical (unpaired) electrons. The Morgan fingerprint density at radius 1 is 1.41 bits per heavy atom. The van der Waals surface area contributed by atoms with Gasteiger partial charge in [-0.3, -0.25) is 4.79 Å². The molecule has 0 fully saturated rings. The maximum Gasteiger partial charge on any atom is 0.268 e. The smallest absolute Gasteiger partial charge is 0.268 e. The van der Waals surface area contributed by atoms with E-state index in [2.05, 4.69) is 25.3 Å². The van der Waals surface area contributed by atoms with Gasteiger partial charge >= 0.3 is 0 Å². The van der Waals surface area contributed by atoms with Gasteiger partial charge in [-0.05, 0) is 18.6 Å². The third kappa shape index (κ3) is 5.07. The molecule has 1 aromatic carbocycles. The van der Waals surface area contributed by atoms with Crippen LogP contribution in [0.3, 0.4) is 0 Å². The number of hydrogen-bond donors (Lipinski definition) is 3. The van der Waals surface area contributed by atoms with Crippen LogP contribution < -0.4 is 16.6 Å². The fourth-order valence-electron chi connectivity index (χ4n) is 2.18. The summed E-state index contributed by atoms with van der Waals surface area (Å²) in [6.07, 6.45) is 1.16. The molecule has 2 aromatic heterocycles. The number of fused-ring (bicyclic) bond motifs is 1. The minimum absolute atomic E-state index is 0. The van der Waals surface area contributed by atoms with Gasteiger partial charge in [-0.15, -0.1) is 12.4 Å². The SMILES string of the molecule is C[C@H](CN)Nc1nc(SCc2cccc(Cl)c2F)nc2[nH]c(=O)cnc12.Cl. The first-order valence-electron chi connectivity index (χ1n) is 7.77. The molecule has 144 valence electrons. The summed E-state index contributed by atoms with van der Waals surface area (Å²) >= 11 is 7.03. The van der Waals surface area contributed by atoms with Crippen LogP contribution >= 0.6 is 35.8 Å². The minimum atomic E-state index is -0.465. The first-order valence-corrected chi connectivity index (χ1v) is 9.13. The Labute approximate surface area is 169 Å². The first-order chi connectivity index (χ1) is 12.5. The van der Waals surface area contributed by atoms with Crippen molar-refractivity contribution in [3.05, 3.63) is 51.2 Å². The summed E-state index contributed by atoms with van der Waals surface area (Å²) in [5.74, 6) is 0.278. The summed E-state index contributed by atoms with van der Waals surface area (Å²) in [5, 5.41) is 3.58. The first kappa shape index (κ1) is 21.4. The van der Waals surface area contributed by atoms with Crippen LogP contribution in [-0.4, -0.2) is 32.5 Å². The van der Waals surface area contributed by atoms with E-state index in [1.165, 1.54) is 17.8 Å². The number of hydrogen-bond acceptors (Lipinski definition) is 7. The van der Waals surface area contributed by atoms with Crippen LogP contribution in [0.25, 0.3) is 11.2 Å². The van der Waals surface area contributed by atoms with Crippen LogP contribution in [0.5, 0.6) is 0 Å². The molecule has 4 N–H and O–H groups in total. The molecule has 0 spiro atoms. The van der Waals surface area contributed by atoms with E-state index in [4.69, 9.17) is 17.3 Å². The molecule has 3 rings (SSSR count). The van der Waals surface area contributed by atoms with Crippen LogP contribution in [-0.2, 0) is 5.75 Å². The monoisotopic (exact) mass is 430 g/mol. The van der Waals surface area contributed by atoms with Gasteiger partial charge in [0.25, 0.3) is 5.56 Å². The maximum absolute atomic E-state index is 14.0. The Hall–Kier alpha value is -1.94. The largest absolute Gasteiger partial charge is 0.364 e. The van der Waals surface area contributed by atoms with E-state index in [1.807, 2.05) is 6.92 Å². The lowest BCUT2D eigenvalue weighted by atomic mass is 10.2. The number of H-pyrrole nitrogens is 1. The topological polar surface area (TPSA) is 110 Å². The lowest BCUT2D eigenvalue weighted by Gasteiger charge is -2.14. The molecule has 0 bridgehead atoms. The molecule has 0 saturated carbocycles. The van der Waals surface area contributed by atoms with Crippen molar-refractivity contribution < 1.29 is 4.39 Å². The van der Waals surface area contributed by atoms with Crippen LogP contribution in [0, 0.1) is 5.82 Å². The number of aromatic nitrogens is 4. The molecule has 3 aromatic rings. The molecular formula is C16H17Cl2FN6OS. The second-order valence-electron chi connectivity index (χ2n) is 5.58. The van der Waals surface area contributed by atoms with Gasteiger partial charge in [0.05, 0.1) is 11.2 Å². The Bertz CT molecular complexity index is 1000. The van der Waals surface area contributed by atoms with Crippen molar-refractivity contribution in [3.8, 4) is 0 Å². The molecule has 0 aliphatic rings. The molecule has 0 aliphatic heterocycles. The number of aromatic amines is 1. The van der Waals surface area contributed by atoms with E-state index in [1.54, 1.807) is 12.1 Å². The number of nitrogens with one attached hydrogen (secondary N) is 2. The van der Waals surface area contributed by atoms with Gasteiger partial charge in [0.2, 0.25) is 0 Å². The number of nitrogens with two attached hydrogens (primary N) is 1. The molecule has 7 nitrogen and oxygen atoms in total. The summed E-state index contributed by atoms with van der Waals surface area (Å²) in [7, 11) is 0. The minimum Gasteiger partial charge on any atom is -0.364 e. The van der Waals surface area contributed by atoms with Crippen LogP contribution in [0.1, 0.15) is 12.5 Å². The van der Waals surface area contributed by atoms with E-state index in [0.717, 1.165) is 6.20 Å². The zero-order valence-corrected chi connectivity index (χ0v) is 16.6. The van der Waals surface area contributed by atoms with Gasteiger partial charge in [-0.2, -0.15) is 0 Å². The second kappa shape index (κ2) is 9.32. The average molecular weight is 431 g/mol. The molecule has 2 heterocycles. The van der Waals surface area contributed by atoms with Gasteiger partial charge in [0.15, 0.2) is 16.6 Å². The van der Waals surface area contributed by atoms with Gasteiger partial charge in [-0.1, -0.05) is 35.5 Å². The van der Waals surface area contributed by atoms with Crippen LogP contribution in [0.15, 0.2) is 34.3 Å². The number of nitrogens with zero attached hydrogens (tertiary/aromatic N) is 3. The average Bonchev–Trinajstić information content (AvgIpc) is 2.62. The van der Waals surface area contributed by atoms with E-state index < -0.39 is 5.82 Å². The molecule has 1 atom stereocenters. The summed E-state index contributed by atoms with van der Waals surface area (Å²) in [6, 6.07) is 4.77. The van der Waals surface area contributed by atoms with Gasteiger partial charge in [-0.25, -0.2) is 19.3 Å². The van der Waals surface area contributed by atoms with Crippen molar-refractivity contribution in [2.75, 3.05) is 11.9 Å². The number of halogens is 3. The van der Waals surface area contributed by atoms with E-state index >= 15 is 0 Å². The third-order valence-corrected chi connectivity index (χ3v) is 4.73. The van der Waals surface area contributed by atoms with Crippen molar-refractivity contribution in [1.29, 1.82) is 0 Å². The Kier molecular flexibility index (Phi) is 7.37. The van der Waals surface area contributed by atoms with Gasteiger partial charge < -0.3 is 16.0 Å². The fraction of sp³-hybridized carbons (Fsp3) is 0.250. The second-order valence-corrected chi connectivity index (χ2v) is 6.93. The predicted octanol–water partition coefficient (Wildman–Crippen LogP) is 2.98. The van der Waals surface area contributed by atoms with Gasteiger partial charge in [0.1, 0.15) is 11.3 Å². The predicted molar refractivity (Wildman–Crippen MR) is 108 cm³/mol. The zero-order chi connectivity index (χ0) is 18.7. The molecule has 27 heavy (non-hydrogen) atoms. The quantitative estimate of drug-likeness (QED) is 0.407. The van der Waals surface area contributed by atoms with Crippen molar-refractivity contribution in [1.82, 2.24) is 19.9 Å². The number of anilines is 1. The molecule has 0 unspecified atom stereocenters. The normalized spacial score (nSPS) is 11.9.